The van der Waals surface area contributed by atoms with Gasteiger partial charge >= 0.3 is 5.97 Å². The number of allylic oxidation sites excluding steroid dienone is 1. The number of carboxylic acid groups (broad SMARTS) is 1. The second-order valence-electron chi connectivity index (χ2n) is 7.38. The first-order chi connectivity index (χ1) is 12.8. The SMILES string of the molecule is CC(C)CCNc1ccc(S(=O)(=O)NCCC2=CCCCC2)cc1C(=O)O. The first kappa shape index (κ1) is 21.4. The van der Waals surface area contributed by atoms with Crippen LogP contribution in [0.3, 0.4) is 0 Å². The highest BCUT2D eigenvalue weighted by atomic mass is 32.2. The standard InChI is InChI=1S/C20H30N2O4S/c1-15(2)10-12-21-19-9-8-17(14-18(19)20(23)24)27(25,26)22-13-11-16-6-4-3-5-7-16/h6,8-9,14-15,21-22H,3-5,7,10-13H2,1-2H3,(H,23,24). The Bertz CT molecular complexity index is 785. The van der Waals surface area contributed by atoms with E-state index in [1.807, 2.05) is 0 Å². The third-order valence-electron chi connectivity index (χ3n) is 4.69. The third kappa shape index (κ3) is 6.66. The molecule has 3 N–H and O–H groups in total. The number of carbonyl (C=O) groups is 1. The van der Waals surface area contributed by atoms with Crippen molar-refractivity contribution in [2.24, 2.45) is 5.92 Å². The van der Waals surface area contributed by atoms with Crippen LogP contribution in [0.25, 0.3) is 0 Å². The van der Waals surface area contributed by atoms with E-state index in [1.54, 1.807) is 0 Å². The highest BCUT2D eigenvalue weighted by Crippen LogP contribution is 2.22. The van der Waals surface area contributed by atoms with E-state index in [2.05, 4.69) is 30.0 Å². The van der Waals surface area contributed by atoms with Gasteiger partial charge in [-0.1, -0.05) is 25.5 Å². The van der Waals surface area contributed by atoms with Gasteiger partial charge in [0.15, 0.2) is 0 Å². The maximum atomic E-state index is 12.5. The third-order valence-corrected chi connectivity index (χ3v) is 6.15. The number of nitrogens with one attached hydrogen (secondary N) is 2. The van der Waals surface area contributed by atoms with Crippen molar-refractivity contribution in [1.29, 1.82) is 0 Å². The molecule has 0 aliphatic heterocycles. The number of aromatic carboxylic acids is 1. The molecule has 0 saturated carbocycles. The Morgan fingerprint density at radius 3 is 2.63 bits per heavy atom. The molecule has 2 rings (SSSR count). The van der Waals surface area contributed by atoms with Crippen molar-refractivity contribution in [3.05, 3.63) is 35.4 Å². The average molecular weight is 395 g/mol. The first-order valence-corrected chi connectivity index (χ1v) is 11.1. The second kappa shape index (κ2) is 9.90. The van der Waals surface area contributed by atoms with E-state index in [4.69, 9.17) is 0 Å². The quantitative estimate of drug-likeness (QED) is 0.521. The van der Waals surface area contributed by atoms with Gasteiger partial charge in [-0.15, -0.1) is 0 Å². The van der Waals surface area contributed by atoms with Crippen LogP contribution in [-0.4, -0.2) is 32.6 Å². The number of anilines is 1. The lowest BCUT2D eigenvalue weighted by molar-refractivity contribution is 0.0697. The fourth-order valence-electron chi connectivity index (χ4n) is 3.08. The van der Waals surface area contributed by atoms with Crippen molar-refractivity contribution in [1.82, 2.24) is 4.72 Å². The Morgan fingerprint density at radius 1 is 1.22 bits per heavy atom. The summed E-state index contributed by atoms with van der Waals surface area (Å²) in [5, 5.41) is 12.5. The molecule has 0 fully saturated rings. The molecule has 1 aromatic rings. The van der Waals surface area contributed by atoms with Crippen LogP contribution in [0, 0.1) is 5.92 Å². The molecule has 1 aliphatic rings. The molecule has 0 bridgehead atoms. The topological polar surface area (TPSA) is 95.5 Å². The van der Waals surface area contributed by atoms with E-state index >= 15 is 0 Å². The van der Waals surface area contributed by atoms with Crippen molar-refractivity contribution in [3.63, 3.8) is 0 Å². The van der Waals surface area contributed by atoms with Crippen LogP contribution in [-0.2, 0) is 10.0 Å². The van der Waals surface area contributed by atoms with Crippen molar-refractivity contribution in [2.45, 2.75) is 57.3 Å². The molecule has 0 saturated heterocycles. The fraction of sp³-hybridized carbons (Fsp3) is 0.550. The molecule has 150 valence electrons. The number of carboxylic acids is 1. The average Bonchev–Trinajstić information content (AvgIpc) is 2.62. The van der Waals surface area contributed by atoms with Crippen LogP contribution >= 0.6 is 0 Å². The molecule has 1 aliphatic carbocycles. The summed E-state index contributed by atoms with van der Waals surface area (Å²) in [6, 6.07) is 4.20. The molecule has 0 spiro atoms. The van der Waals surface area contributed by atoms with Crippen LogP contribution in [0.1, 0.15) is 62.7 Å². The number of rotatable bonds is 10. The number of sulfonamides is 1. The smallest absolute Gasteiger partial charge is 0.337 e. The number of hydrogen-bond acceptors (Lipinski definition) is 4. The van der Waals surface area contributed by atoms with Gasteiger partial charge in [-0.05, 0) is 62.6 Å². The van der Waals surface area contributed by atoms with E-state index in [0.717, 1.165) is 25.7 Å². The predicted molar refractivity (Wildman–Crippen MR) is 108 cm³/mol. The lowest BCUT2D eigenvalue weighted by Gasteiger charge is -2.14. The highest BCUT2D eigenvalue weighted by molar-refractivity contribution is 7.89. The van der Waals surface area contributed by atoms with Gasteiger partial charge in [-0.25, -0.2) is 17.9 Å². The lowest BCUT2D eigenvalue weighted by atomic mass is 9.97. The summed E-state index contributed by atoms with van der Waals surface area (Å²) in [4.78, 5) is 11.5. The molecule has 0 aromatic heterocycles. The van der Waals surface area contributed by atoms with Crippen LogP contribution < -0.4 is 10.0 Å². The molecular weight excluding hydrogens is 364 g/mol. The molecule has 0 atom stereocenters. The summed E-state index contributed by atoms with van der Waals surface area (Å²) in [6.45, 7) is 5.14. The largest absolute Gasteiger partial charge is 0.478 e. The van der Waals surface area contributed by atoms with Crippen molar-refractivity contribution >= 4 is 21.7 Å². The van der Waals surface area contributed by atoms with Gasteiger partial charge < -0.3 is 10.4 Å². The molecular formula is C20H30N2O4S. The summed E-state index contributed by atoms with van der Waals surface area (Å²) < 4.78 is 27.6. The minimum absolute atomic E-state index is 0.0214. The molecule has 1 aromatic carbocycles. The molecule has 0 radical (unpaired) electrons. The highest BCUT2D eigenvalue weighted by Gasteiger charge is 2.19. The summed E-state index contributed by atoms with van der Waals surface area (Å²) in [7, 11) is -3.74. The molecule has 0 heterocycles. The maximum Gasteiger partial charge on any atom is 0.337 e. The van der Waals surface area contributed by atoms with Crippen LogP contribution in [0.4, 0.5) is 5.69 Å². The minimum atomic E-state index is -3.74. The second-order valence-corrected chi connectivity index (χ2v) is 9.14. The van der Waals surface area contributed by atoms with Crippen LogP contribution in [0.5, 0.6) is 0 Å². The number of benzene rings is 1. The first-order valence-electron chi connectivity index (χ1n) is 9.58. The van der Waals surface area contributed by atoms with Gasteiger partial charge in [0, 0.05) is 18.8 Å². The van der Waals surface area contributed by atoms with Crippen LogP contribution in [0.15, 0.2) is 34.7 Å². The van der Waals surface area contributed by atoms with E-state index in [0.29, 0.717) is 31.1 Å². The van der Waals surface area contributed by atoms with Gasteiger partial charge in [0.05, 0.1) is 10.5 Å². The molecule has 0 unspecified atom stereocenters. The van der Waals surface area contributed by atoms with Gasteiger partial charge in [0.1, 0.15) is 0 Å². The van der Waals surface area contributed by atoms with E-state index in [1.165, 1.54) is 30.2 Å². The monoisotopic (exact) mass is 394 g/mol. The molecule has 7 heteroatoms. The summed E-state index contributed by atoms with van der Waals surface area (Å²) in [5.41, 5.74) is 1.70. The maximum absolute atomic E-state index is 12.5. The zero-order valence-electron chi connectivity index (χ0n) is 16.1. The zero-order valence-corrected chi connectivity index (χ0v) is 16.9. The van der Waals surface area contributed by atoms with Gasteiger partial charge in [0.2, 0.25) is 10.0 Å². The van der Waals surface area contributed by atoms with Gasteiger partial charge in [-0.3, -0.25) is 0 Å². The van der Waals surface area contributed by atoms with Crippen LogP contribution in [0.2, 0.25) is 0 Å². The van der Waals surface area contributed by atoms with Crippen molar-refractivity contribution in [3.8, 4) is 0 Å². The molecule has 0 amide bonds. The Kier molecular flexibility index (Phi) is 7.86. The lowest BCUT2D eigenvalue weighted by Crippen LogP contribution is -2.25. The summed E-state index contributed by atoms with van der Waals surface area (Å²) >= 11 is 0. The van der Waals surface area contributed by atoms with Crippen molar-refractivity contribution in [2.75, 3.05) is 18.4 Å². The Morgan fingerprint density at radius 2 is 2.00 bits per heavy atom. The normalized spacial score (nSPS) is 14.9. The summed E-state index contributed by atoms with van der Waals surface area (Å²) in [6.07, 6.45) is 8.24. The fourth-order valence-corrected chi connectivity index (χ4v) is 4.14. The predicted octanol–water partition coefficient (Wildman–Crippen LogP) is 4.01. The van der Waals surface area contributed by atoms with Gasteiger partial charge in [-0.2, -0.15) is 0 Å². The zero-order chi connectivity index (χ0) is 19.9. The Balaban J connectivity index is 2.05. The van der Waals surface area contributed by atoms with Gasteiger partial charge in [0.25, 0.3) is 0 Å². The summed E-state index contributed by atoms with van der Waals surface area (Å²) in [5.74, 6) is -0.652. The van der Waals surface area contributed by atoms with E-state index in [-0.39, 0.29) is 10.5 Å². The molecule has 6 nitrogen and oxygen atoms in total. The number of hydrogen-bond donors (Lipinski definition) is 3. The minimum Gasteiger partial charge on any atom is -0.478 e. The Labute approximate surface area is 162 Å². The van der Waals surface area contributed by atoms with Crippen molar-refractivity contribution < 1.29 is 18.3 Å². The molecule has 27 heavy (non-hydrogen) atoms. The van der Waals surface area contributed by atoms with E-state index < -0.39 is 16.0 Å². The van der Waals surface area contributed by atoms with E-state index in [9.17, 15) is 18.3 Å². The Hall–Kier alpha value is -1.86.